The Morgan fingerprint density at radius 1 is 1.21 bits per heavy atom. The number of phenols is 1. The lowest BCUT2D eigenvalue weighted by atomic mass is 10.1. The molecule has 0 atom stereocenters. The average molecular weight is 382 g/mol. The fourth-order valence-corrected chi connectivity index (χ4v) is 2.48. The van der Waals surface area contributed by atoms with Crippen molar-refractivity contribution in [2.24, 2.45) is 0 Å². The number of carbonyl (C=O) groups is 3. The fourth-order valence-electron chi connectivity index (χ4n) is 2.48. The summed E-state index contributed by atoms with van der Waals surface area (Å²) in [6.45, 7) is 7.51. The largest absolute Gasteiger partial charge is 0.505 e. The summed E-state index contributed by atoms with van der Waals surface area (Å²) >= 11 is 0. The van der Waals surface area contributed by atoms with Gasteiger partial charge in [-0.1, -0.05) is 37.5 Å². The van der Waals surface area contributed by atoms with Gasteiger partial charge < -0.3 is 20.6 Å². The Morgan fingerprint density at radius 3 is 2.50 bits per heavy atom. The molecule has 2 rings (SSSR count). The highest BCUT2D eigenvalue weighted by atomic mass is 16.3. The first kappa shape index (κ1) is 20.5. The molecule has 0 aliphatic carbocycles. The summed E-state index contributed by atoms with van der Waals surface area (Å²) in [7, 11) is 3.12. The van der Waals surface area contributed by atoms with Gasteiger partial charge in [0.15, 0.2) is 5.75 Å². The predicted octanol–water partition coefficient (Wildman–Crippen LogP) is 1.26. The second kappa shape index (κ2) is 8.72. The minimum absolute atomic E-state index is 0.0190. The highest BCUT2D eigenvalue weighted by molar-refractivity contribution is 6.20. The van der Waals surface area contributed by atoms with Crippen LogP contribution < -0.4 is 16.0 Å². The van der Waals surface area contributed by atoms with Crippen LogP contribution in [0, 0.1) is 0 Å². The van der Waals surface area contributed by atoms with E-state index in [1.807, 2.05) is 0 Å². The van der Waals surface area contributed by atoms with E-state index in [0.717, 1.165) is 5.57 Å². The maximum atomic E-state index is 12.2. The van der Waals surface area contributed by atoms with Crippen LogP contribution in [0.15, 0.2) is 66.6 Å². The normalized spacial score (nSPS) is 13.9. The van der Waals surface area contributed by atoms with E-state index in [-0.39, 0.29) is 34.9 Å². The monoisotopic (exact) mass is 382 g/mol. The quantitative estimate of drug-likeness (QED) is 0.306. The van der Waals surface area contributed by atoms with Crippen molar-refractivity contribution >= 4 is 23.4 Å². The lowest BCUT2D eigenvalue weighted by molar-refractivity contribution is -0.124. The van der Waals surface area contributed by atoms with Crippen LogP contribution >= 0.6 is 0 Å². The topological polar surface area (TPSA) is 111 Å². The van der Waals surface area contributed by atoms with Crippen molar-refractivity contribution in [3.05, 3.63) is 72.1 Å². The molecule has 0 saturated heterocycles. The van der Waals surface area contributed by atoms with Crippen LogP contribution in [-0.4, -0.2) is 48.4 Å². The number of aromatic hydroxyl groups is 1. The highest BCUT2D eigenvalue weighted by Crippen LogP contribution is 2.30. The van der Waals surface area contributed by atoms with E-state index in [4.69, 9.17) is 0 Å². The molecule has 28 heavy (non-hydrogen) atoms. The van der Waals surface area contributed by atoms with Gasteiger partial charge in [-0.05, 0) is 17.7 Å². The number of hydrogen-bond acceptors (Lipinski definition) is 6. The molecule has 8 nitrogen and oxygen atoms in total. The van der Waals surface area contributed by atoms with Crippen LogP contribution in [0.1, 0.15) is 10.4 Å². The first-order chi connectivity index (χ1) is 13.3. The van der Waals surface area contributed by atoms with Crippen LogP contribution in [0.25, 0.3) is 0 Å². The second-order valence-electron chi connectivity index (χ2n) is 6.09. The molecule has 0 bridgehead atoms. The summed E-state index contributed by atoms with van der Waals surface area (Å²) in [5.74, 6) is -1.97. The van der Waals surface area contributed by atoms with Crippen molar-refractivity contribution in [1.82, 2.24) is 15.5 Å². The van der Waals surface area contributed by atoms with E-state index in [9.17, 15) is 19.5 Å². The molecule has 1 aliphatic heterocycles. The number of phenolic OH excluding ortho intramolecular Hbond substituents is 1. The first-order valence-corrected chi connectivity index (χ1v) is 8.38. The molecule has 0 radical (unpaired) electrons. The van der Waals surface area contributed by atoms with E-state index in [2.05, 4.69) is 29.1 Å². The molecular weight excluding hydrogens is 360 g/mol. The van der Waals surface area contributed by atoms with Gasteiger partial charge in [0, 0.05) is 20.6 Å². The SMILES string of the molecule is C=C/C=C(\C=C)CNC1=C(Nc2cccc(C(=O)N(C)C)c2O)C(=O)NC1=O. The maximum Gasteiger partial charge on any atom is 0.276 e. The molecule has 1 aromatic rings. The summed E-state index contributed by atoms with van der Waals surface area (Å²) in [5.41, 5.74) is 0.910. The molecule has 0 fully saturated rings. The molecule has 1 aromatic carbocycles. The Hall–Kier alpha value is -3.81. The number of rotatable bonds is 8. The number of amides is 3. The van der Waals surface area contributed by atoms with Crippen LogP contribution in [0.5, 0.6) is 5.75 Å². The molecule has 0 spiro atoms. The van der Waals surface area contributed by atoms with Gasteiger partial charge in [-0.15, -0.1) is 0 Å². The van der Waals surface area contributed by atoms with Crippen molar-refractivity contribution in [3.8, 4) is 5.75 Å². The first-order valence-electron chi connectivity index (χ1n) is 8.38. The van der Waals surface area contributed by atoms with Gasteiger partial charge in [0.25, 0.3) is 17.7 Å². The third-order valence-electron chi connectivity index (χ3n) is 3.93. The Morgan fingerprint density at radius 2 is 1.89 bits per heavy atom. The van der Waals surface area contributed by atoms with Crippen molar-refractivity contribution in [2.45, 2.75) is 0 Å². The summed E-state index contributed by atoms with van der Waals surface area (Å²) in [4.78, 5) is 37.8. The molecule has 3 amide bonds. The number of hydrogen-bond donors (Lipinski definition) is 4. The highest BCUT2D eigenvalue weighted by Gasteiger charge is 2.31. The Bertz CT molecular complexity index is 913. The predicted molar refractivity (Wildman–Crippen MR) is 106 cm³/mol. The number of nitrogens with zero attached hydrogens (tertiary/aromatic N) is 1. The van der Waals surface area contributed by atoms with Crippen LogP contribution in [0.2, 0.25) is 0 Å². The van der Waals surface area contributed by atoms with Crippen LogP contribution in [0.4, 0.5) is 5.69 Å². The molecule has 8 heteroatoms. The summed E-state index contributed by atoms with van der Waals surface area (Å²) in [6, 6.07) is 4.52. The lowest BCUT2D eigenvalue weighted by Gasteiger charge is -2.15. The zero-order valence-corrected chi connectivity index (χ0v) is 15.7. The van der Waals surface area contributed by atoms with Crippen molar-refractivity contribution in [2.75, 3.05) is 26.0 Å². The number of imide groups is 1. The summed E-state index contributed by atoms with van der Waals surface area (Å²) < 4.78 is 0. The van der Waals surface area contributed by atoms with E-state index >= 15 is 0 Å². The van der Waals surface area contributed by atoms with E-state index < -0.39 is 17.7 Å². The third-order valence-corrected chi connectivity index (χ3v) is 3.93. The number of anilines is 1. The molecule has 146 valence electrons. The number of allylic oxidation sites excluding steroid dienone is 2. The second-order valence-corrected chi connectivity index (χ2v) is 6.09. The lowest BCUT2D eigenvalue weighted by Crippen LogP contribution is -2.28. The number of nitrogens with one attached hydrogen (secondary N) is 3. The van der Waals surface area contributed by atoms with Gasteiger partial charge in [-0.3, -0.25) is 19.7 Å². The molecule has 0 saturated carbocycles. The molecule has 4 N–H and O–H groups in total. The Balaban J connectivity index is 2.36. The number of carbonyl (C=O) groups excluding carboxylic acids is 3. The van der Waals surface area contributed by atoms with Gasteiger partial charge in [-0.25, -0.2) is 0 Å². The number of benzene rings is 1. The average Bonchev–Trinajstić information content (AvgIpc) is 2.92. The minimum atomic E-state index is -0.649. The standard InChI is InChI=1S/C20H22N4O4/c1-5-8-12(6-2)11-21-15-16(19(27)23-18(15)26)22-14-10-7-9-13(17(14)25)20(28)24(3)4/h5-10,25H,1-2,11H2,3-4H3,(H3,21,22,23,26,27)/b12-8+. The van der Waals surface area contributed by atoms with Crippen LogP contribution in [-0.2, 0) is 9.59 Å². The van der Waals surface area contributed by atoms with Crippen molar-refractivity contribution in [3.63, 3.8) is 0 Å². The van der Waals surface area contributed by atoms with Gasteiger partial charge in [0.2, 0.25) is 0 Å². The van der Waals surface area contributed by atoms with Gasteiger partial charge in [0.05, 0.1) is 11.3 Å². The zero-order chi connectivity index (χ0) is 20.8. The Kier molecular flexibility index (Phi) is 6.38. The van der Waals surface area contributed by atoms with Crippen molar-refractivity contribution < 1.29 is 19.5 Å². The van der Waals surface area contributed by atoms with E-state index in [1.54, 1.807) is 38.4 Å². The van der Waals surface area contributed by atoms with Gasteiger partial charge >= 0.3 is 0 Å². The van der Waals surface area contributed by atoms with Crippen LogP contribution in [0.3, 0.4) is 0 Å². The number of para-hydroxylation sites is 1. The summed E-state index contributed by atoms with van der Waals surface area (Å²) in [5, 5.41) is 18.2. The molecule has 0 aromatic heterocycles. The zero-order valence-electron chi connectivity index (χ0n) is 15.7. The summed E-state index contributed by atoms with van der Waals surface area (Å²) in [6.07, 6.45) is 4.89. The molecule has 0 unspecified atom stereocenters. The minimum Gasteiger partial charge on any atom is -0.505 e. The maximum absolute atomic E-state index is 12.2. The smallest absolute Gasteiger partial charge is 0.276 e. The fraction of sp³-hybridized carbons (Fsp3) is 0.150. The molecular formula is C20H22N4O4. The van der Waals surface area contributed by atoms with E-state index in [0.29, 0.717) is 0 Å². The van der Waals surface area contributed by atoms with Gasteiger partial charge in [-0.2, -0.15) is 0 Å². The molecule has 1 heterocycles. The van der Waals surface area contributed by atoms with E-state index in [1.165, 1.54) is 17.0 Å². The Labute approximate surface area is 162 Å². The third kappa shape index (κ3) is 4.29. The van der Waals surface area contributed by atoms with Gasteiger partial charge in [0.1, 0.15) is 11.4 Å². The van der Waals surface area contributed by atoms with Crippen molar-refractivity contribution in [1.29, 1.82) is 0 Å². The molecule has 1 aliphatic rings.